The third-order valence-corrected chi connectivity index (χ3v) is 3.71. The van der Waals surface area contributed by atoms with Gasteiger partial charge in [-0.15, -0.1) is 0 Å². The maximum absolute atomic E-state index is 12.7. The van der Waals surface area contributed by atoms with Gasteiger partial charge in [-0.25, -0.2) is 4.79 Å². The fourth-order valence-electron chi connectivity index (χ4n) is 2.17. The van der Waals surface area contributed by atoms with Crippen molar-refractivity contribution in [2.45, 2.75) is 32.5 Å². The average molecular weight is 365 g/mol. The number of halogens is 3. The van der Waals surface area contributed by atoms with Crippen molar-refractivity contribution in [1.82, 2.24) is 0 Å². The minimum absolute atomic E-state index is 0.272. The Morgan fingerprint density at radius 1 is 1.12 bits per heavy atom. The molecule has 0 saturated heterocycles. The summed E-state index contributed by atoms with van der Waals surface area (Å²) in [5.74, 6) is -1.57. The zero-order chi connectivity index (χ0) is 19.3. The number of ether oxygens (including phenoxy) is 1. The smallest absolute Gasteiger partial charge is 0.416 e. The molecule has 2 aromatic rings. The van der Waals surface area contributed by atoms with Crippen molar-refractivity contribution < 1.29 is 27.5 Å². The number of benzene rings is 2. The molecule has 0 bridgehead atoms. The number of hydrogen-bond donors (Lipinski definition) is 1. The average Bonchev–Trinajstić information content (AvgIpc) is 2.61. The van der Waals surface area contributed by atoms with Crippen LogP contribution in [0.3, 0.4) is 0 Å². The Balaban J connectivity index is 2.00. The highest BCUT2D eigenvalue weighted by Gasteiger charge is 2.31. The molecule has 0 aliphatic rings. The number of carbonyl (C=O) groups excluding carboxylic acids is 2. The Bertz CT molecular complexity index is 785. The summed E-state index contributed by atoms with van der Waals surface area (Å²) in [7, 11) is 0. The maximum Gasteiger partial charge on any atom is 0.416 e. The van der Waals surface area contributed by atoms with Crippen molar-refractivity contribution in [2.24, 2.45) is 0 Å². The Morgan fingerprint density at radius 3 is 2.35 bits per heavy atom. The number of aryl methyl sites for hydroxylation is 1. The van der Waals surface area contributed by atoms with Crippen molar-refractivity contribution >= 4 is 17.6 Å². The van der Waals surface area contributed by atoms with Gasteiger partial charge in [-0.3, -0.25) is 4.79 Å². The molecule has 0 radical (unpaired) electrons. The summed E-state index contributed by atoms with van der Waals surface area (Å²) < 4.78 is 43.1. The summed E-state index contributed by atoms with van der Waals surface area (Å²) in [5, 5.41) is 2.59. The zero-order valence-electron chi connectivity index (χ0n) is 14.3. The molecule has 0 aromatic heterocycles. The Hall–Kier alpha value is -2.83. The van der Waals surface area contributed by atoms with E-state index in [1.165, 1.54) is 13.0 Å². The minimum atomic E-state index is -4.57. The highest BCUT2D eigenvalue weighted by atomic mass is 19.4. The van der Waals surface area contributed by atoms with Crippen LogP contribution in [-0.4, -0.2) is 18.0 Å². The van der Waals surface area contributed by atoms with Crippen LogP contribution in [0.2, 0.25) is 0 Å². The minimum Gasteiger partial charge on any atom is -0.449 e. The molecule has 1 amide bonds. The molecule has 7 heteroatoms. The molecule has 0 spiro atoms. The number of nitrogens with one attached hydrogen (secondary N) is 1. The fourth-order valence-corrected chi connectivity index (χ4v) is 2.17. The number of rotatable bonds is 5. The predicted octanol–water partition coefficient (Wildman–Crippen LogP) is 4.45. The highest BCUT2D eigenvalue weighted by molar-refractivity contribution is 5.97. The van der Waals surface area contributed by atoms with Crippen LogP contribution in [0.4, 0.5) is 18.9 Å². The summed E-state index contributed by atoms with van der Waals surface area (Å²) in [4.78, 5) is 24.1. The van der Waals surface area contributed by atoms with Gasteiger partial charge in [0.2, 0.25) is 0 Å². The van der Waals surface area contributed by atoms with E-state index >= 15 is 0 Å². The van der Waals surface area contributed by atoms with Gasteiger partial charge in [0.1, 0.15) is 0 Å². The van der Waals surface area contributed by atoms with E-state index in [1.54, 1.807) is 12.1 Å². The normalized spacial score (nSPS) is 12.3. The first-order valence-electron chi connectivity index (χ1n) is 7.98. The van der Waals surface area contributed by atoms with Crippen LogP contribution < -0.4 is 5.32 Å². The van der Waals surface area contributed by atoms with Gasteiger partial charge in [-0.1, -0.05) is 25.1 Å². The first-order chi connectivity index (χ1) is 12.2. The Kier molecular flexibility index (Phi) is 6.02. The molecule has 1 N–H and O–H groups in total. The van der Waals surface area contributed by atoms with E-state index in [4.69, 9.17) is 4.74 Å². The topological polar surface area (TPSA) is 55.4 Å². The summed E-state index contributed by atoms with van der Waals surface area (Å²) in [6.07, 6.45) is -4.87. The van der Waals surface area contributed by atoms with Crippen LogP contribution >= 0.6 is 0 Å². The second-order valence-electron chi connectivity index (χ2n) is 5.67. The van der Waals surface area contributed by atoms with Crippen LogP contribution in [0.1, 0.15) is 35.3 Å². The number of carbonyl (C=O) groups is 2. The molecule has 0 aliphatic heterocycles. The van der Waals surface area contributed by atoms with E-state index in [2.05, 4.69) is 5.32 Å². The molecule has 2 rings (SSSR count). The lowest BCUT2D eigenvalue weighted by Gasteiger charge is -2.14. The fraction of sp³-hybridized carbons (Fsp3) is 0.263. The van der Waals surface area contributed by atoms with E-state index in [-0.39, 0.29) is 5.56 Å². The highest BCUT2D eigenvalue weighted by Crippen LogP contribution is 2.29. The molecule has 2 aromatic carbocycles. The Morgan fingerprint density at radius 2 is 1.77 bits per heavy atom. The van der Waals surface area contributed by atoms with Crippen molar-refractivity contribution in [2.75, 3.05) is 5.32 Å². The summed E-state index contributed by atoms with van der Waals surface area (Å²) in [6.45, 7) is 3.35. The van der Waals surface area contributed by atoms with Crippen LogP contribution in [0, 0.1) is 0 Å². The SMILES string of the molecule is CCc1ccc(NC(=O)[C@H](C)OC(=O)c2cccc(C(F)(F)F)c2)cc1. The van der Waals surface area contributed by atoms with Crippen LogP contribution in [-0.2, 0) is 22.1 Å². The third-order valence-electron chi connectivity index (χ3n) is 3.71. The molecular weight excluding hydrogens is 347 g/mol. The van der Waals surface area contributed by atoms with Crippen LogP contribution in [0.25, 0.3) is 0 Å². The van der Waals surface area contributed by atoms with E-state index in [0.717, 1.165) is 24.1 Å². The van der Waals surface area contributed by atoms with E-state index in [9.17, 15) is 22.8 Å². The quantitative estimate of drug-likeness (QED) is 0.797. The van der Waals surface area contributed by atoms with Gasteiger partial charge in [-0.2, -0.15) is 13.2 Å². The van der Waals surface area contributed by atoms with Gasteiger partial charge in [0.05, 0.1) is 11.1 Å². The number of alkyl halides is 3. The summed E-state index contributed by atoms with van der Waals surface area (Å²) >= 11 is 0. The van der Waals surface area contributed by atoms with Gasteiger partial charge in [0.25, 0.3) is 5.91 Å². The summed E-state index contributed by atoms with van der Waals surface area (Å²) in [6, 6.07) is 11.0. The molecule has 1 atom stereocenters. The lowest BCUT2D eigenvalue weighted by atomic mass is 10.1. The maximum atomic E-state index is 12.7. The third kappa shape index (κ3) is 5.08. The molecule has 4 nitrogen and oxygen atoms in total. The second kappa shape index (κ2) is 8.03. The van der Waals surface area contributed by atoms with Gasteiger partial charge in [0.15, 0.2) is 6.10 Å². The molecule has 0 aliphatic carbocycles. The molecule has 138 valence electrons. The van der Waals surface area contributed by atoms with Crippen molar-refractivity contribution in [3.8, 4) is 0 Å². The zero-order valence-corrected chi connectivity index (χ0v) is 14.3. The monoisotopic (exact) mass is 365 g/mol. The summed E-state index contributed by atoms with van der Waals surface area (Å²) in [5.41, 5.74) is 0.410. The number of hydrogen-bond acceptors (Lipinski definition) is 3. The molecule has 0 unspecified atom stereocenters. The van der Waals surface area contributed by atoms with Crippen molar-refractivity contribution in [3.05, 3.63) is 65.2 Å². The molecule has 0 fully saturated rings. The van der Waals surface area contributed by atoms with Gasteiger partial charge in [0, 0.05) is 5.69 Å². The number of amides is 1. The molecule has 0 saturated carbocycles. The van der Waals surface area contributed by atoms with Crippen LogP contribution in [0.5, 0.6) is 0 Å². The first-order valence-corrected chi connectivity index (χ1v) is 7.98. The number of anilines is 1. The second-order valence-corrected chi connectivity index (χ2v) is 5.67. The van der Waals surface area contributed by atoms with Gasteiger partial charge >= 0.3 is 12.1 Å². The van der Waals surface area contributed by atoms with E-state index in [0.29, 0.717) is 11.8 Å². The molecule has 26 heavy (non-hydrogen) atoms. The standard InChI is InChI=1S/C19H18F3NO3/c1-3-13-7-9-16(10-8-13)23-17(24)12(2)26-18(25)14-5-4-6-15(11-14)19(20,21)22/h4-12H,3H2,1-2H3,(H,23,24)/t12-/m0/s1. The predicted molar refractivity (Wildman–Crippen MR) is 90.8 cm³/mol. The molecular formula is C19H18F3NO3. The lowest BCUT2D eigenvalue weighted by Crippen LogP contribution is -2.30. The van der Waals surface area contributed by atoms with Gasteiger partial charge < -0.3 is 10.1 Å². The van der Waals surface area contributed by atoms with Crippen LogP contribution in [0.15, 0.2) is 48.5 Å². The van der Waals surface area contributed by atoms with E-state index < -0.39 is 29.7 Å². The van der Waals surface area contributed by atoms with E-state index in [1.807, 2.05) is 19.1 Å². The van der Waals surface area contributed by atoms with Crippen molar-refractivity contribution in [3.63, 3.8) is 0 Å². The van der Waals surface area contributed by atoms with Gasteiger partial charge in [-0.05, 0) is 49.2 Å². The largest absolute Gasteiger partial charge is 0.449 e. The molecule has 0 heterocycles. The Labute approximate surface area is 149 Å². The lowest BCUT2D eigenvalue weighted by molar-refractivity contribution is -0.137. The first kappa shape index (κ1) is 19.5. The number of esters is 1. The van der Waals surface area contributed by atoms with Crippen molar-refractivity contribution in [1.29, 1.82) is 0 Å².